The van der Waals surface area contributed by atoms with Gasteiger partial charge in [-0.3, -0.25) is 0 Å². The van der Waals surface area contributed by atoms with Crippen LogP contribution in [0.15, 0.2) is 42.5 Å². The molecule has 1 heterocycles. The predicted octanol–water partition coefficient (Wildman–Crippen LogP) is 5.19. The molecule has 0 aliphatic carbocycles. The molecule has 0 N–H and O–H groups in total. The molecule has 2 aromatic carbocycles. The molecule has 1 atom stereocenters. The van der Waals surface area contributed by atoms with Gasteiger partial charge in [-0.2, -0.15) is 0 Å². The van der Waals surface area contributed by atoms with E-state index in [1.165, 1.54) is 5.56 Å². The highest BCUT2D eigenvalue weighted by Gasteiger charge is 2.15. The van der Waals surface area contributed by atoms with Gasteiger partial charge >= 0.3 is 0 Å². The van der Waals surface area contributed by atoms with E-state index in [1.54, 1.807) is 0 Å². The second-order valence-corrected chi connectivity index (χ2v) is 6.08. The van der Waals surface area contributed by atoms with Crippen LogP contribution in [0.25, 0.3) is 0 Å². The highest BCUT2D eigenvalue weighted by atomic mass is 35.5. The van der Waals surface area contributed by atoms with Crippen molar-refractivity contribution < 1.29 is 4.74 Å². The van der Waals surface area contributed by atoms with Crippen LogP contribution in [0.2, 0.25) is 5.02 Å². The Hall–Kier alpha value is -1.18. The summed E-state index contributed by atoms with van der Waals surface area (Å²) in [4.78, 5) is 0. The van der Waals surface area contributed by atoms with Gasteiger partial charge in [0.25, 0.3) is 0 Å². The van der Waals surface area contributed by atoms with Crippen molar-refractivity contribution in [1.29, 1.82) is 0 Å². The van der Waals surface area contributed by atoms with Gasteiger partial charge in [-0.15, -0.1) is 11.6 Å². The van der Waals surface area contributed by atoms with E-state index < -0.39 is 0 Å². The number of alkyl halides is 1. The quantitative estimate of drug-likeness (QED) is 0.709. The summed E-state index contributed by atoms with van der Waals surface area (Å²) in [5.41, 5.74) is 3.58. The number of ether oxygens (including phenoxy) is 1. The first-order chi connectivity index (χ1) is 9.72. The lowest BCUT2D eigenvalue weighted by atomic mass is 9.99. The second kappa shape index (κ2) is 6.07. The summed E-state index contributed by atoms with van der Waals surface area (Å²) < 4.78 is 5.63. The molecule has 20 heavy (non-hydrogen) atoms. The number of aryl methyl sites for hydroxylation is 1. The van der Waals surface area contributed by atoms with Gasteiger partial charge in [-0.1, -0.05) is 35.9 Å². The van der Waals surface area contributed by atoms with Crippen molar-refractivity contribution in [3.8, 4) is 5.75 Å². The maximum Gasteiger partial charge on any atom is 0.122 e. The molecule has 1 aliphatic heterocycles. The molecule has 1 unspecified atom stereocenters. The topological polar surface area (TPSA) is 9.23 Å². The van der Waals surface area contributed by atoms with Crippen molar-refractivity contribution in [3.05, 3.63) is 64.2 Å². The maximum atomic E-state index is 6.55. The van der Waals surface area contributed by atoms with Gasteiger partial charge in [0.1, 0.15) is 5.75 Å². The molecule has 0 amide bonds. The zero-order chi connectivity index (χ0) is 13.9. The van der Waals surface area contributed by atoms with Crippen LogP contribution in [0.1, 0.15) is 28.5 Å². The average molecular weight is 307 g/mol. The van der Waals surface area contributed by atoms with E-state index in [9.17, 15) is 0 Å². The van der Waals surface area contributed by atoms with Crippen LogP contribution in [0.4, 0.5) is 0 Å². The van der Waals surface area contributed by atoms with Crippen molar-refractivity contribution in [2.24, 2.45) is 0 Å². The number of hydrogen-bond donors (Lipinski definition) is 0. The lowest BCUT2D eigenvalue weighted by Gasteiger charge is -2.19. The maximum absolute atomic E-state index is 6.55. The highest BCUT2D eigenvalue weighted by molar-refractivity contribution is 6.30. The molecule has 3 rings (SSSR count). The molecule has 0 bridgehead atoms. The Morgan fingerprint density at radius 1 is 1.15 bits per heavy atom. The minimum atomic E-state index is -0.0410. The van der Waals surface area contributed by atoms with Crippen LogP contribution in [0.3, 0.4) is 0 Å². The van der Waals surface area contributed by atoms with Crippen LogP contribution in [0.5, 0.6) is 5.75 Å². The minimum absolute atomic E-state index is 0.0410. The summed E-state index contributed by atoms with van der Waals surface area (Å²) in [7, 11) is 0. The SMILES string of the molecule is Clc1cccc(CC(Cl)c2ccc3c(c2)CCCO3)c1. The van der Waals surface area contributed by atoms with Crippen molar-refractivity contribution in [3.63, 3.8) is 0 Å². The Kier molecular flexibility index (Phi) is 4.18. The molecule has 0 spiro atoms. The molecule has 2 aromatic rings. The number of fused-ring (bicyclic) bond motifs is 1. The number of halogens is 2. The smallest absolute Gasteiger partial charge is 0.122 e. The van der Waals surface area contributed by atoms with Gasteiger partial charge in [0, 0.05) is 5.02 Å². The van der Waals surface area contributed by atoms with Crippen LogP contribution in [-0.4, -0.2) is 6.61 Å². The summed E-state index contributed by atoms with van der Waals surface area (Å²) in [6, 6.07) is 14.1. The van der Waals surface area contributed by atoms with E-state index >= 15 is 0 Å². The van der Waals surface area contributed by atoms with Gasteiger partial charge in [0.15, 0.2) is 0 Å². The fraction of sp³-hybridized carbons (Fsp3) is 0.294. The molecule has 1 aliphatic rings. The molecule has 3 heteroatoms. The lowest BCUT2D eigenvalue weighted by Crippen LogP contribution is -2.09. The van der Waals surface area contributed by atoms with Gasteiger partial charge in [-0.05, 0) is 54.2 Å². The summed E-state index contributed by atoms with van der Waals surface area (Å²) in [5.74, 6) is 1.01. The van der Waals surface area contributed by atoms with Crippen molar-refractivity contribution in [2.45, 2.75) is 24.6 Å². The van der Waals surface area contributed by atoms with Gasteiger partial charge in [0.05, 0.1) is 12.0 Å². The summed E-state index contributed by atoms with van der Waals surface area (Å²) in [6.07, 6.45) is 2.93. The third kappa shape index (κ3) is 3.11. The van der Waals surface area contributed by atoms with E-state index in [-0.39, 0.29) is 5.38 Å². The van der Waals surface area contributed by atoms with Gasteiger partial charge in [-0.25, -0.2) is 0 Å². The predicted molar refractivity (Wildman–Crippen MR) is 84.0 cm³/mol. The molecule has 104 valence electrons. The van der Waals surface area contributed by atoms with E-state index in [0.717, 1.165) is 47.8 Å². The molecule has 0 fully saturated rings. The monoisotopic (exact) mass is 306 g/mol. The van der Waals surface area contributed by atoms with Gasteiger partial charge in [0.2, 0.25) is 0 Å². The summed E-state index contributed by atoms with van der Waals surface area (Å²) in [5, 5.41) is 0.714. The summed E-state index contributed by atoms with van der Waals surface area (Å²) >= 11 is 12.6. The highest BCUT2D eigenvalue weighted by Crippen LogP contribution is 2.32. The molecule has 0 aromatic heterocycles. The Morgan fingerprint density at radius 3 is 2.90 bits per heavy atom. The van der Waals surface area contributed by atoms with E-state index in [1.807, 2.05) is 24.3 Å². The average Bonchev–Trinajstić information content (AvgIpc) is 2.47. The number of benzene rings is 2. The lowest BCUT2D eigenvalue weighted by molar-refractivity contribution is 0.288. The molecule has 1 nitrogen and oxygen atoms in total. The zero-order valence-corrected chi connectivity index (χ0v) is 12.6. The third-order valence-corrected chi connectivity index (χ3v) is 4.24. The molecule has 0 saturated carbocycles. The Morgan fingerprint density at radius 2 is 2.05 bits per heavy atom. The number of hydrogen-bond acceptors (Lipinski definition) is 1. The van der Waals surface area contributed by atoms with Crippen LogP contribution < -0.4 is 4.74 Å². The standard InChI is InChI=1S/C17H16Cl2O/c18-15-5-1-3-12(9-15)10-16(19)13-6-7-17-14(11-13)4-2-8-20-17/h1,3,5-7,9,11,16H,2,4,8,10H2. The Balaban J connectivity index is 1.78. The van der Waals surface area contributed by atoms with Gasteiger partial charge < -0.3 is 4.74 Å². The van der Waals surface area contributed by atoms with Crippen LogP contribution in [0, 0.1) is 0 Å². The normalized spacial score (nSPS) is 15.3. The van der Waals surface area contributed by atoms with Crippen LogP contribution in [-0.2, 0) is 12.8 Å². The Labute approximate surface area is 129 Å². The van der Waals surface area contributed by atoms with Crippen molar-refractivity contribution >= 4 is 23.2 Å². The van der Waals surface area contributed by atoms with Crippen molar-refractivity contribution in [2.75, 3.05) is 6.61 Å². The fourth-order valence-electron chi connectivity index (χ4n) is 2.56. The molecular weight excluding hydrogens is 291 g/mol. The summed E-state index contributed by atoms with van der Waals surface area (Å²) in [6.45, 7) is 0.819. The molecule has 0 radical (unpaired) electrons. The minimum Gasteiger partial charge on any atom is -0.493 e. The van der Waals surface area contributed by atoms with Crippen LogP contribution >= 0.6 is 23.2 Å². The second-order valence-electron chi connectivity index (χ2n) is 5.12. The zero-order valence-electron chi connectivity index (χ0n) is 11.1. The van der Waals surface area contributed by atoms with E-state index in [4.69, 9.17) is 27.9 Å². The first-order valence-electron chi connectivity index (χ1n) is 6.86. The van der Waals surface area contributed by atoms with Crippen molar-refractivity contribution in [1.82, 2.24) is 0 Å². The largest absolute Gasteiger partial charge is 0.493 e. The number of rotatable bonds is 3. The van der Waals surface area contributed by atoms with E-state index in [0.29, 0.717) is 0 Å². The van der Waals surface area contributed by atoms with E-state index in [2.05, 4.69) is 18.2 Å². The third-order valence-electron chi connectivity index (χ3n) is 3.60. The first-order valence-corrected chi connectivity index (χ1v) is 7.68. The Bertz CT molecular complexity index is 610. The molecule has 0 saturated heterocycles. The first kappa shape index (κ1) is 13.8. The fourth-order valence-corrected chi connectivity index (χ4v) is 3.09. The molecular formula is C17H16Cl2O.